The van der Waals surface area contributed by atoms with Crippen molar-refractivity contribution in [1.29, 1.82) is 0 Å². The number of pyridine rings is 4. The van der Waals surface area contributed by atoms with Gasteiger partial charge in [-0.3, -0.25) is 38.8 Å². The molecule has 5 N–H and O–H groups in total. The van der Waals surface area contributed by atoms with Crippen molar-refractivity contribution in [3.63, 3.8) is 0 Å². The predicted octanol–water partition coefficient (Wildman–Crippen LogP) is 17.9. The first-order chi connectivity index (χ1) is 61.1. The van der Waals surface area contributed by atoms with Crippen LogP contribution < -0.4 is 23.8 Å². The third kappa shape index (κ3) is 19.3. The number of aryl methyl sites for hydroxylation is 2. The van der Waals surface area contributed by atoms with Crippen molar-refractivity contribution in [3.8, 4) is 22.7 Å². The lowest BCUT2D eigenvalue weighted by Gasteiger charge is -2.29. The molecule has 2 aliphatic carbocycles. The van der Waals surface area contributed by atoms with Crippen LogP contribution in [0.1, 0.15) is 133 Å². The molecule has 19 rings (SSSR count). The van der Waals surface area contributed by atoms with Crippen molar-refractivity contribution >= 4 is 113 Å². The second kappa shape index (κ2) is 35.6. The van der Waals surface area contributed by atoms with Crippen LogP contribution in [0.25, 0.3) is 66.2 Å². The number of halogens is 1. The third-order valence-corrected chi connectivity index (χ3v) is 27.9. The van der Waals surface area contributed by atoms with Gasteiger partial charge in [0, 0.05) is 101 Å². The minimum atomic E-state index is -4.06. The van der Waals surface area contributed by atoms with E-state index >= 15 is 0 Å². The lowest BCUT2D eigenvalue weighted by atomic mass is 9.87. The van der Waals surface area contributed by atoms with Gasteiger partial charge in [0.1, 0.15) is 29.1 Å². The average Bonchev–Trinajstić information content (AvgIpc) is 1.62. The summed E-state index contributed by atoms with van der Waals surface area (Å²) in [5, 5.41) is 32.5. The maximum atomic E-state index is 14.8. The second-order valence-electron chi connectivity index (χ2n) is 34.7. The van der Waals surface area contributed by atoms with Gasteiger partial charge >= 0.3 is 0 Å². The molecule has 16 aromatic rings. The number of nitrogens with one attached hydrogen (secondary N) is 4. The average molecular weight is 1800 g/mol. The monoisotopic (exact) mass is 1800 g/mol. The van der Waals surface area contributed by atoms with E-state index in [0.29, 0.717) is 72.3 Å². The van der Waals surface area contributed by atoms with Crippen LogP contribution >= 0.6 is 0 Å². The first kappa shape index (κ1) is 88.3. The Bertz CT molecular complexity index is 7300. The number of fused-ring (bicyclic) bond motifs is 5. The summed E-state index contributed by atoms with van der Waals surface area (Å²) in [5.74, 6) is 1.25. The van der Waals surface area contributed by atoms with E-state index in [1.807, 2.05) is 163 Å². The van der Waals surface area contributed by atoms with Gasteiger partial charge in [-0.05, 0) is 211 Å². The molecule has 0 bridgehead atoms. The minimum Gasteiger partial charge on any atom is -0.390 e. The van der Waals surface area contributed by atoms with Gasteiger partial charge in [-0.25, -0.2) is 56.8 Å². The fourth-order valence-corrected chi connectivity index (χ4v) is 19.6. The molecule has 8 aromatic heterocycles. The number of hydrogen-bond donors (Lipinski definition) is 5. The highest BCUT2D eigenvalue weighted by atomic mass is 32.2. The van der Waals surface area contributed by atoms with Crippen LogP contribution in [0.3, 0.4) is 0 Å². The molecule has 0 radical (unpaired) electrons. The van der Waals surface area contributed by atoms with Crippen LogP contribution in [0.5, 0.6) is 0 Å². The summed E-state index contributed by atoms with van der Waals surface area (Å²) in [4.78, 5) is 19.6. The highest BCUT2D eigenvalue weighted by molar-refractivity contribution is 7.93. The van der Waals surface area contributed by atoms with E-state index in [4.69, 9.17) is 14.9 Å². The molecule has 8 aromatic carbocycles. The fourth-order valence-electron chi connectivity index (χ4n) is 15.4. The number of sulfonamides is 4. The fraction of sp³-hybridized carbons (Fsp3) is 0.250. The number of hydrogen-bond acceptors (Lipinski definition) is 19. The van der Waals surface area contributed by atoms with Gasteiger partial charge in [0.25, 0.3) is 40.1 Å². The smallest absolute Gasteiger partial charge is 0.263 e. The zero-order valence-electron chi connectivity index (χ0n) is 72.3. The summed E-state index contributed by atoms with van der Waals surface area (Å²) in [7, 11) is -15.5. The Morgan fingerprint density at radius 2 is 0.867 bits per heavy atom. The molecule has 0 unspecified atom stereocenters. The maximum absolute atomic E-state index is 14.8. The standard InChI is InChI=1S/2C25H26N4O2S.C23H22FN5O3S.C23H24N4O3S/c1-25(2,3)18-11-13-19(14-12-18)32(30,31)28-24-16-22(17-9-10-17)27-29(24)23-8-4-7-21-20(23)6-5-15-26-21;1-25(2,3)18-10-12-19(13-11-18)32(30,31)28-24-21-7-5-8-22(21)27-29(24)23-9-4-6-17-16-26-15-14-20(17)23;1-16-14-23(29(26-16)21-6-2-5-20-18(21)4-3-9-25-20)27-33(30,31)17-7-8-22(19(24)15-17)28-10-12-32-13-11-28;1-23(2,3)16-9-11-18(12-10-16)31(29,30)26-22-14-17(15-28)25-27(22)21-8-4-7-20-19(21)6-5-13-24-20/h4-8,11-17,28H,9-10H2,1-3H3;4,6,9-16,28H,5,7-8H2,1-3H3;2-9,14-15,27H,10-13H2,1H3;4-14,26,28H,15H2,1-3H3. The maximum Gasteiger partial charge on any atom is 0.263 e. The molecule has 1 aliphatic heterocycles. The molecule has 0 atom stereocenters. The Labute approximate surface area is 743 Å². The summed E-state index contributed by atoms with van der Waals surface area (Å²) in [6.45, 7) is 22.4. The van der Waals surface area contributed by atoms with E-state index in [1.54, 1.807) is 89.7 Å². The molecule has 0 amide bonds. The molecule has 3 aliphatic rings. The van der Waals surface area contributed by atoms with E-state index in [1.165, 1.54) is 27.6 Å². The van der Waals surface area contributed by atoms with Crippen molar-refractivity contribution in [2.45, 2.75) is 150 Å². The van der Waals surface area contributed by atoms with Crippen molar-refractivity contribution in [2.75, 3.05) is 50.1 Å². The summed E-state index contributed by atoms with van der Waals surface area (Å²) in [6.07, 6.45) is 13.5. The summed E-state index contributed by atoms with van der Waals surface area (Å²) < 4.78 is 143. The van der Waals surface area contributed by atoms with Crippen LogP contribution in [0, 0.1) is 12.7 Å². The Kier molecular flexibility index (Phi) is 24.6. The lowest BCUT2D eigenvalue weighted by Crippen LogP contribution is -2.36. The van der Waals surface area contributed by atoms with Gasteiger partial charge in [0.15, 0.2) is 0 Å². The molecule has 1 saturated heterocycles. The molecule has 658 valence electrons. The van der Waals surface area contributed by atoms with Gasteiger partial charge in [-0.15, -0.1) is 0 Å². The molecule has 32 heteroatoms. The van der Waals surface area contributed by atoms with Crippen molar-refractivity contribution in [2.24, 2.45) is 0 Å². The predicted molar refractivity (Wildman–Crippen MR) is 498 cm³/mol. The summed E-state index contributed by atoms with van der Waals surface area (Å²) in [5.41, 5.74) is 12.6. The first-order valence-electron chi connectivity index (χ1n) is 42.0. The van der Waals surface area contributed by atoms with Crippen molar-refractivity contribution < 1.29 is 47.9 Å². The number of morpholine rings is 1. The van der Waals surface area contributed by atoms with E-state index in [2.05, 4.69) is 111 Å². The number of benzene rings is 8. The van der Waals surface area contributed by atoms with Crippen LogP contribution in [-0.4, -0.2) is 124 Å². The Morgan fingerprint density at radius 1 is 0.430 bits per heavy atom. The Hall–Kier alpha value is -13.1. The normalized spacial score (nSPS) is 13.9. The van der Waals surface area contributed by atoms with Gasteiger partial charge < -0.3 is 14.7 Å². The number of aromatic nitrogens is 12. The first-order valence-corrected chi connectivity index (χ1v) is 47.9. The molecular formula is C96H98FN17O10S4. The molecule has 2 fully saturated rings. The van der Waals surface area contributed by atoms with E-state index < -0.39 is 45.9 Å². The SMILES string of the molecule is CC(C)(C)c1ccc(S(=O)(=O)Nc2c3c(nn2-c2cccc4cnccc24)CCC3)cc1.CC(C)(C)c1ccc(S(=O)(=O)Nc2cc(C3CC3)nn2-c2cccc3ncccc23)cc1.CC(C)(C)c1ccc(S(=O)(=O)Nc2cc(CO)nn2-c2cccc3ncccc23)cc1.Cc1cc(NS(=O)(=O)c2ccc(N3CCOCC3)c(F)c2)n(-c2cccc3ncccc23)n1. The molecule has 0 spiro atoms. The summed E-state index contributed by atoms with van der Waals surface area (Å²) in [6, 6.07) is 65.9. The van der Waals surface area contributed by atoms with E-state index in [0.717, 1.165) is 127 Å². The zero-order chi connectivity index (χ0) is 90.2. The molecule has 128 heavy (non-hydrogen) atoms. The van der Waals surface area contributed by atoms with Crippen LogP contribution in [0.4, 0.5) is 33.3 Å². The second-order valence-corrected chi connectivity index (χ2v) is 41.5. The molecule has 27 nitrogen and oxygen atoms in total. The molecular weight excluding hydrogens is 1700 g/mol. The number of rotatable bonds is 19. The Balaban J connectivity index is 0.000000125. The quantitative estimate of drug-likeness (QED) is 0.0502. The van der Waals surface area contributed by atoms with Crippen LogP contribution in [0.2, 0.25) is 0 Å². The largest absolute Gasteiger partial charge is 0.390 e. The minimum absolute atomic E-state index is 0.0433. The van der Waals surface area contributed by atoms with E-state index in [-0.39, 0.29) is 54.1 Å². The van der Waals surface area contributed by atoms with Gasteiger partial charge in [0.2, 0.25) is 0 Å². The third-order valence-electron chi connectivity index (χ3n) is 22.4. The summed E-state index contributed by atoms with van der Waals surface area (Å²) >= 11 is 0. The van der Waals surface area contributed by atoms with Gasteiger partial charge in [-0.2, -0.15) is 20.4 Å². The van der Waals surface area contributed by atoms with Crippen LogP contribution in [0.15, 0.2) is 275 Å². The topological polar surface area (TPSA) is 340 Å². The number of aliphatic hydroxyl groups excluding tert-OH is 1. The van der Waals surface area contributed by atoms with E-state index in [9.17, 15) is 43.2 Å². The highest BCUT2D eigenvalue weighted by Crippen LogP contribution is 2.43. The number of ether oxygens (including phenoxy) is 1. The number of nitrogens with zero attached hydrogens (tertiary/aromatic N) is 13. The number of anilines is 5. The zero-order valence-corrected chi connectivity index (χ0v) is 75.6. The van der Waals surface area contributed by atoms with Crippen LogP contribution in [-0.2, 0) is 80.5 Å². The molecule has 9 heterocycles. The van der Waals surface area contributed by atoms with Gasteiger partial charge in [-0.1, -0.05) is 129 Å². The Morgan fingerprint density at radius 3 is 1.34 bits per heavy atom. The highest BCUT2D eigenvalue weighted by Gasteiger charge is 2.33. The molecule has 1 saturated carbocycles. The van der Waals surface area contributed by atoms with Crippen molar-refractivity contribution in [1.82, 2.24) is 59.1 Å². The van der Waals surface area contributed by atoms with Crippen molar-refractivity contribution in [3.05, 3.63) is 306 Å². The lowest BCUT2D eigenvalue weighted by molar-refractivity contribution is 0.122. The number of aliphatic hydroxyl groups is 1. The van der Waals surface area contributed by atoms with Gasteiger partial charge in [0.05, 0.1) is 107 Å².